The number of hydrogen-bond donors (Lipinski definition) is 1. The topological polar surface area (TPSA) is 54.5 Å². The minimum absolute atomic E-state index is 0.0900. The van der Waals surface area contributed by atoms with Crippen LogP contribution in [0.3, 0.4) is 0 Å². The van der Waals surface area contributed by atoms with Gasteiger partial charge in [0.1, 0.15) is 6.61 Å². The minimum atomic E-state index is -0.130. The van der Waals surface area contributed by atoms with E-state index in [4.69, 9.17) is 4.74 Å². The normalized spacial score (nSPS) is 13.0. The van der Waals surface area contributed by atoms with Crippen LogP contribution in [0.25, 0.3) is 0 Å². The number of benzene rings is 1. The Labute approximate surface area is 129 Å². The predicted octanol–water partition coefficient (Wildman–Crippen LogP) is 2.58. The lowest BCUT2D eigenvalue weighted by atomic mass is 10.2. The smallest absolute Gasteiger partial charge is 0.250 e. The zero-order valence-corrected chi connectivity index (χ0v) is 12.6. The average molecular weight is 297 g/mol. The van der Waals surface area contributed by atoms with Gasteiger partial charge in [-0.15, -0.1) is 0 Å². The Kier molecular flexibility index (Phi) is 4.34. The van der Waals surface area contributed by atoms with E-state index in [-0.39, 0.29) is 12.5 Å². The van der Waals surface area contributed by atoms with Crippen LogP contribution in [0.4, 0.5) is 11.4 Å². The molecule has 5 nitrogen and oxygen atoms in total. The number of aromatic nitrogens is 1. The number of nitrogens with zero attached hydrogens (tertiary/aromatic N) is 2. The molecule has 0 aliphatic carbocycles. The first-order chi connectivity index (χ1) is 10.8. The quantitative estimate of drug-likeness (QED) is 0.921. The molecule has 1 aromatic heterocycles. The Bertz CT molecular complexity index is 630. The number of carbonyl (C=O) groups excluding carboxylic acids is 1. The summed E-state index contributed by atoms with van der Waals surface area (Å²) in [5.74, 6) is -0.130. The molecule has 3 rings (SSSR count). The Hall–Kier alpha value is -2.40. The molecule has 1 N–H and O–H groups in total. The number of ether oxygens (including phenoxy) is 1. The second kappa shape index (κ2) is 6.58. The van der Waals surface area contributed by atoms with Gasteiger partial charge in [0.15, 0.2) is 0 Å². The molecule has 0 unspecified atom stereocenters. The van der Waals surface area contributed by atoms with Gasteiger partial charge >= 0.3 is 0 Å². The van der Waals surface area contributed by atoms with Gasteiger partial charge in [-0.1, -0.05) is 0 Å². The SMILES string of the molecule is CCOCC(=O)Nc1ccc(N2Cc3ccncc3C2)cc1. The van der Waals surface area contributed by atoms with Gasteiger partial charge in [-0.25, -0.2) is 0 Å². The van der Waals surface area contributed by atoms with Gasteiger partial charge in [-0.3, -0.25) is 9.78 Å². The van der Waals surface area contributed by atoms with Gasteiger partial charge in [-0.2, -0.15) is 0 Å². The molecule has 0 saturated heterocycles. The Morgan fingerprint density at radius 2 is 2.00 bits per heavy atom. The van der Waals surface area contributed by atoms with E-state index in [9.17, 15) is 4.79 Å². The standard InChI is InChI=1S/C17H19N3O2/c1-2-22-12-17(21)19-15-3-5-16(6-4-15)20-10-13-7-8-18-9-14(13)11-20/h3-9H,2,10-12H2,1H3,(H,19,21). The molecular formula is C17H19N3O2. The number of nitrogens with one attached hydrogen (secondary N) is 1. The molecule has 1 amide bonds. The minimum Gasteiger partial charge on any atom is -0.372 e. The maximum absolute atomic E-state index is 11.6. The van der Waals surface area contributed by atoms with Crippen molar-refractivity contribution in [3.63, 3.8) is 0 Å². The monoisotopic (exact) mass is 297 g/mol. The number of pyridine rings is 1. The number of carbonyl (C=O) groups is 1. The summed E-state index contributed by atoms with van der Waals surface area (Å²) in [5, 5.41) is 2.82. The molecule has 0 fully saturated rings. The van der Waals surface area contributed by atoms with Crippen LogP contribution in [0.2, 0.25) is 0 Å². The molecule has 1 aliphatic rings. The van der Waals surface area contributed by atoms with Gasteiger partial charge in [0.05, 0.1) is 0 Å². The first kappa shape index (κ1) is 14.5. The Balaban J connectivity index is 1.62. The third-order valence-corrected chi connectivity index (χ3v) is 3.68. The summed E-state index contributed by atoms with van der Waals surface area (Å²) >= 11 is 0. The second-order valence-corrected chi connectivity index (χ2v) is 5.23. The third kappa shape index (κ3) is 3.26. The van der Waals surface area contributed by atoms with Crippen molar-refractivity contribution in [2.75, 3.05) is 23.4 Å². The van der Waals surface area contributed by atoms with Crippen LogP contribution in [0.15, 0.2) is 42.7 Å². The lowest BCUT2D eigenvalue weighted by molar-refractivity contribution is -0.120. The summed E-state index contributed by atoms with van der Waals surface area (Å²) in [6, 6.07) is 9.95. The Morgan fingerprint density at radius 1 is 1.23 bits per heavy atom. The largest absolute Gasteiger partial charge is 0.372 e. The second-order valence-electron chi connectivity index (χ2n) is 5.23. The summed E-state index contributed by atoms with van der Waals surface area (Å²) < 4.78 is 5.08. The van der Waals surface area contributed by atoms with E-state index in [2.05, 4.69) is 21.3 Å². The number of amides is 1. The maximum atomic E-state index is 11.6. The number of rotatable bonds is 5. The fourth-order valence-corrected chi connectivity index (χ4v) is 2.55. The lowest BCUT2D eigenvalue weighted by Gasteiger charge is -2.18. The van der Waals surface area contributed by atoms with Crippen molar-refractivity contribution < 1.29 is 9.53 Å². The van der Waals surface area contributed by atoms with Gasteiger partial charge in [-0.05, 0) is 48.4 Å². The first-order valence-electron chi connectivity index (χ1n) is 7.40. The van der Waals surface area contributed by atoms with Crippen molar-refractivity contribution in [1.82, 2.24) is 4.98 Å². The molecule has 0 bridgehead atoms. The van der Waals surface area contributed by atoms with E-state index in [1.807, 2.05) is 43.6 Å². The van der Waals surface area contributed by atoms with Crippen molar-refractivity contribution in [3.05, 3.63) is 53.9 Å². The van der Waals surface area contributed by atoms with Crippen molar-refractivity contribution >= 4 is 17.3 Å². The predicted molar refractivity (Wildman–Crippen MR) is 85.7 cm³/mol. The fraction of sp³-hybridized carbons (Fsp3) is 0.294. The highest BCUT2D eigenvalue weighted by Crippen LogP contribution is 2.28. The summed E-state index contributed by atoms with van der Waals surface area (Å²) in [7, 11) is 0. The van der Waals surface area contributed by atoms with Gasteiger partial charge in [0, 0.05) is 43.5 Å². The van der Waals surface area contributed by atoms with Crippen molar-refractivity contribution in [1.29, 1.82) is 0 Å². The molecule has 1 aromatic carbocycles. The molecule has 114 valence electrons. The van der Waals surface area contributed by atoms with E-state index in [0.717, 1.165) is 24.5 Å². The highest BCUT2D eigenvalue weighted by molar-refractivity contribution is 5.91. The van der Waals surface area contributed by atoms with Gasteiger partial charge in [0.25, 0.3) is 0 Å². The highest BCUT2D eigenvalue weighted by atomic mass is 16.5. The molecule has 0 saturated carbocycles. The summed E-state index contributed by atoms with van der Waals surface area (Å²) in [6.45, 7) is 4.27. The maximum Gasteiger partial charge on any atom is 0.250 e. The molecule has 0 atom stereocenters. The van der Waals surface area contributed by atoms with Crippen LogP contribution < -0.4 is 10.2 Å². The van der Waals surface area contributed by atoms with Crippen molar-refractivity contribution in [2.24, 2.45) is 0 Å². The van der Waals surface area contributed by atoms with Crippen LogP contribution >= 0.6 is 0 Å². The molecule has 5 heteroatoms. The van der Waals surface area contributed by atoms with E-state index >= 15 is 0 Å². The molecule has 1 aliphatic heterocycles. The molecule has 2 aromatic rings. The number of fused-ring (bicyclic) bond motifs is 1. The zero-order valence-electron chi connectivity index (χ0n) is 12.6. The van der Waals surface area contributed by atoms with E-state index < -0.39 is 0 Å². The first-order valence-corrected chi connectivity index (χ1v) is 7.40. The average Bonchev–Trinajstić information content (AvgIpc) is 2.97. The lowest BCUT2D eigenvalue weighted by Crippen LogP contribution is -2.18. The van der Waals surface area contributed by atoms with E-state index in [1.54, 1.807) is 0 Å². The summed E-state index contributed by atoms with van der Waals surface area (Å²) in [5.41, 5.74) is 4.52. The summed E-state index contributed by atoms with van der Waals surface area (Å²) in [4.78, 5) is 18.1. The molecular weight excluding hydrogens is 278 g/mol. The van der Waals surface area contributed by atoms with E-state index in [0.29, 0.717) is 6.61 Å². The summed E-state index contributed by atoms with van der Waals surface area (Å²) in [6.07, 6.45) is 3.76. The van der Waals surface area contributed by atoms with Crippen LogP contribution in [0, 0.1) is 0 Å². The van der Waals surface area contributed by atoms with Crippen LogP contribution in [0.5, 0.6) is 0 Å². The fourth-order valence-electron chi connectivity index (χ4n) is 2.55. The molecule has 2 heterocycles. The van der Waals surface area contributed by atoms with Crippen molar-refractivity contribution in [2.45, 2.75) is 20.0 Å². The Morgan fingerprint density at radius 3 is 2.73 bits per heavy atom. The third-order valence-electron chi connectivity index (χ3n) is 3.68. The highest BCUT2D eigenvalue weighted by Gasteiger charge is 2.18. The van der Waals surface area contributed by atoms with Gasteiger partial charge in [0.2, 0.25) is 5.91 Å². The zero-order chi connectivity index (χ0) is 15.4. The van der Waals surface area contributed by atoms with Gasteiger partial charge < -0.3 is 15.0 Å². The van der Waals surface area contributed by atoms with Crippen LogP contribution in [-0.2, 0) is 22.6 Å². The van der Waals surface area contributed by atoms with E-state index in [1.165, 1.54) is 11.1 Å². The van der Waals surface area contributed by atoms with Crippen molar-refractivity contribution in [3.8, 4) is 0 Å². The molecule has 22 heavy (non-hydrogen) atoms. The number of hydrogen-bond acceptors (Lipinski definition) is 4. The molecule has 0 radical (unpaired) electrons. The van der Waals surface area contributed by atoms with Crippen LogP contribution in [0.1, 0.15) is 18.1 Å². The number of anilines is 2. The van der Waals surface area contributed by atoms with Crippen LogP contribution in [-0.4, -0.2) is 24.1 Å². The molecule has 0 spiro atoms.